The van der Waals surface area contributed by atoms with Crippen molar-refractivity contribution >= 4 is 11.5 Å². The summed E-state index contributed by atoms with van der Waals surface area (Å²) in [6.07, 6.45) is 1.71. The average Bonchev–Trinajstić information content (AvgIpc) is 2.76. The fraction of sp³-hybridized carbons (Fsp3) is 0.786. The summed E-state index contributed by atoms with van der Waals surface area (Å²) >= 11 is 0. The number of nitro groups is 1. The quantitative estimate of drug-likeness (QED) is 0.589. The number of aliphatic hydroxyl groups excluding tert-OH is 1. The van der Waals surface area contributed by atoms with Gasteiger partial charge < -0.3 is 10.0 Å². The van der Waals surface area contributed by atoms with Crippen molar-refractivity contribution in [3.8, 4) is 0 Å². The maximum Gasteiger partial charge on any atom is 0.333 e. The van der Waals surface area contributed by atoms with Crippen LogP contribution < -0.4 is 4.90 Å². The van der Waals surface area contributed by atoms with E-state index in [-0.39, 0.29) is 29.3 Å². The molecule has 0 fully saturated rings. The van der Waals surface area contributed by atoms with E-state index in [4.69, 9.17) is 0 Å². The summed E-state index contributed by atoms with van der Waals surface area (Å²) < 4.78 is 1.70. The van der Waals surface area contributed by atoms with Gasteiger partial charge in [0, 0.05) is 18.6 Å². The molecule has 0 aliphatic carbocycles. The summed E-state index contributed by atoms with van der Waals surface area (Å²) in [5.41, 5.74) is 0.460. The molecule has 1 N–H and O–H groups in total. The van der Waals surface area contributed by atoms with Crippen molar-refractivity contribution in [3.05, 3.63) is 15.8 Å². The molecule has 7 nitrogen and oxygen atoms in total. The van der Waals surface area contributed by atoms with Gasteiger partial charge in [-0.05, 0) is 33.6 Å². The molecule has 0 aromatic carbocycles. The van der Waals surface area contributed by atoms with Crippen LogP contribution in [0.4, 0.5) is 11.5 Å². The highest BCUT2D eigenvalue weighted by molar-refractivity contribution is 5.62. The predicted molar refractivity (Wildman–Crippen MR) is 82.8 cm³/mol. The molecule has 0 saturated heterocycles. The highest BCUT2D eigenvalue weighted by atomic mass is 16.6. The Kier molecular flexibility index (Phi) is 6.14. The largest absolute Gasteiger partial charge is 0.395 e. The summed E-state index contributed by atoms with van der Waals surface area (Å²) in [5, 5.41) is 25.1. The Balaban J connectivity index is 3.49. The van der Waals surface area contributed by atoms with E-state index in [2.05, 4.69) is 5.10 Å². The number of hydrogen-bond acceptors (Lipinski definition) is 5. The molecule has 21 heavy (non-hydrogen) atoms. The van der Waals surface area contributed by atoms with Crippen molar-refractivity contribution in [1.29, 1.82) is 0 Å². The molecule has 1 rings (SSSR count). The van der Waals surface area contributed by atoms with Crippen LogP contribution in [0.2, 0.25) is 0 Å². The molecule has 0 spiro atoms. The van der Waals surface area contributed by atoms with E-state index in [9.17, 15) is 15.2 Å². The molecule has 0 atom stereocenters. The fourth-order valence-electron chi connectivity index (χ4n) is 2.67. The normalized spacial score (nSPS) is 11.4. The zero-order chi connectivity index (χ0) is 16.2. The van der Waals surface area contributed by atoms with Crippen LogP contribution in [0.3, 0.4) is 0 Å². The van der Waals surface area contributed by atoms with E-state index in [1.54, 1.807) is 11.6 Å². The Morgan fingerprint density at radius 2 is 1.95 bits per heavy atom. The number of rotatable bonds is 8. The number of nitrogens with zero attached hydrogens (tertiary/aromatic N) is 4. The van der Waals surface area contributed by atoms with Gasteiger partial charge in [0.05, 0.1) is 11.5 Å². The number of anilines is 1. The van der Waals surface area contributed by atoms with E-state index in [1.165, 1.54) is 0 Å². The molecule has 120 valence electrons. The standard InChI is InChI=1S/C14H26N4O3/c1-6-12(7-2)16(8-9-19)14-13(18(20)21)11(5)15-17(14)10(3)4/h10,12,19H,6-9H2,1-5H3. The maximum atomic E-state index is 11.4. The van der Waals surface area contributed by atoms with Gasteiger partial charge in [-0.1, -0.05) is 13.8 Å². The van der Waals surface area contributed by atoms with Gasteiger partial charge in [0.1, 0.15) is 5.69 Å². The Morgan fingerprint density at radius 1 is 1.38 bits per heavy atom. The minimum Gasteiger partial charge on any atom is -0.395 e. The van der Waals surface area contributed by atoms with Crippen LogP contribution in [0, 0.1) is 17.0 Å². The zero-order valence-corrected chi connectivity index (χ0v) is 13.5. The molecule has 1 heterocycles. The van der Waals surface area contributed by atoms with Crippen LogP contribution in [0.15, 0.2) is 0 Å². The topological polar surface area (TPSA) is 84.4 Å². The van der Waals surface area contributed by atoms with Gasteiger partial charge in [-0.15, -0.1) is 0 Å². The lowest BCUT2D eigenvalue weighted by molar-refractivity contribution is -0.384. The van der Waals surface area contributed by atoms with E-state index >= 15 is 0 Å². The third-order valence-electron chi connectivity index (χ3n) is 3.70. The third-order valence-corrected chi connectivity index (χ3v) is 3.70. The second-order valence-electron chi connectivity index (χ2n) is 5.44. The zero-order valence-electron chi connectivity index (χ0n) is 13.5. The summed E-state index contributed by atoms with van der Waals surface area (Å²) in [7, 11) is 0. The lowest BCUT2D eigenvalue weighted by atomic mass is 10.1. The SMILES string of the molecule is CCC(CC)N(CCO)c1c([N+](=O)[O-])c(C)nn1C(C)C. The van der Waals surface area contributed by atoms with Crippen LogP contribution in [0.5, 0.6) is 0 Å². The summed E-state index contributed by atoms with van der Waals surface area (Å²) in [5.74, 6) is 0.509. The molecule has 1 aromatic rings. The Morgan fingerprint density at radius 3 is 2.33 bits per heavy atom. The molecular formula is C14H26N4O3. The average molecular weight is 298 g/mol. The lowest BCUT2D eigenvalue weighted by Crippen LogP contribution is -2.39. The van der Waals surface area contributed by atoms with Gasteiger partial charge in [-0.2, -0.15) is 5.10 Å². The van der Waals surface area contributed by atoms with Gasteiger partial charge in [0.15, 0.2) is 0 Å². The summed E-state index contributed by atoms with van der Waals surface area (Å²) in [6.45, 7) is 9.97. The van der Waals surface area contributed by atoms with Gasteiger partial charge >= 0.3 is 5.69 Å². The van der Waals surface area contributed by atoms with E-state index in [0.29, 0.717) is 18.1 Å². The summed E-state index contributed by atoms with van der Waals surface area (Å²) in [4.78, 5) is 13.0. The first-order chi connectivity index (χ1) is 9.88. The molecule has 0 bridgehead atoms. The minimum absolute atomic E-state index is 0.0166. The van der Waals surface area contributed by atoms with E-state index in [1.807, 2.05) is 32.6 Å². The van der Waals surface area contributed by atoms with Crippen molar-refractivity contribution in [2.75, 3.05) is 18.1 Å². The number of aryl methyl sites for hydroxylation is 1. The third kappa shape index (κ3) is 3.53. The molecular weight excluding hydrogens is 272 g/mol. The highest BCUT2D eigenvalue weighted by Crippen LogP contribution is 2.35. The van der Waals surface area contributed by atoms with Crippen molar-refractivity contribution in [2.45, 2.75) is 59.5 Å². The maximum absolute atomic E-state index is 11.4. The first-order valence-corrected chi connectivity index (χ1v) is 7.49. The monoisotopic (exact) mass is 298 g/mol. The van der Waals surface area contributed by atoms with Gasteiger partial charge in [-0.3, -0.25) is 10.1 Å². The van der Waals surface area contributed by atoms with E-state index < -0.39 is 0 Å². The minimum atomic E-state index is -0.372. The first kappa shape index (κ1) is 17.4. The molecule has 0 saturated carbocycles. The molecule has 0 aliphatic heterocycles. The van der Waals surface area contributed by atoms with Crippen molar-refractivity contribution in [2.24, 2.45) is 0 Å². The number of aromatic nitrogens is 2. The first-order valence-electron chi connectivity index (χ1n) is 7.49. The Bertz CT molecular complexity index is 481. The fourth-order valence-corrected chi connectivity index (χ4v) is 2.67. The summed E-state index contributed by atoms with van der Waals surface area (Å²) in [6, 6.07) is 0.160. The van der Waals surface area contributed by atoms with Crippen molar-refractivity contribution in [3.63, 3.8) is 0 Å². The van der Waals surface area contributed by atoms with Gasteiger partial charge in [0.2, 0.25) is 5.82 Å². The predicted octanol–water partition coefficient (Wildman–Crippen LogP) is 2.67. The number of hydrogen-bond donors (Lipinski definition) is 1. The Labute approximate surface area is 125 Å². The molecule has 7 heteroatoms. The van der Waals surface area contributed by atoms with E-state index in [0.717, 1.165) is 12.8 Å². The van der Waals surface area contributed by atoms with Gasteiger partial charge in [0.25, 0.3) is 0 Å². The van der Waals surface area contributed by atoms with Crippen LogP contribution in [-0.2, 0) is 0 Å². The molecule has 0 radical (unpaired) electrons. The molecule has 1 aromatic heterocycles. The molecule has 0 amide bonds. The highest BCUT2D eigenvalue weighted by Gasteiger charge is 2.32. The lowest BCUT2D eigenvalue weighted by Gasteiger charge is -2.32. The Hall–Kier alpha value is -1.63. The number of aliphatic hydroxyl groups is 1. The molecule has 0 aliphatic rings. The molecule has 0 unspecified atom stereocenters. The van der Waals surface area contributed by atoms with Crippen molar-refractivity contribution in [1.82, 2.24) is 9.78 Å². The van der Waals surface area contributed by atoms with Crippen LogP contribution >= 0.6 is 0 Å². The van der Waals surface area contributed by atoms with Crippen LogP contribution in [0.25, 0.3) is 0 Å². The van der Waals surface area contributed by atoms with Gasteiger partial charge in [-0.25, -0.2) is 4.68 Å². The second kappa shape index (κ2) is 7.40. The van der Waals surface area contributed by atoms with Crippen LogP contribution in [0.1, 0.15) is 52.3 Å². The van der Waals surface area contributed by atoms with Crippen molar-refractivity contribution < 1.29 is 10.0 Å². The van der Waals surface area contributed by atoms with Crippen LogP contribution in [-0.4, -0.2) is 39.0 Å². The second-order valence-corrected chi connectivity index (χ2v) is 5.44. The smallest absolute Gasteiger partial charge is 0.333 e.